The molecule has 2 aromatic carbocycles. The fraction of sp³-hybridized carbons (Fsp3) is 0.0667. The van der Waals surface area contributed by atoms with E-state index in [0.29, 0.717) is 22.5 Å². The summed E-state index contributed by atoms with van der Waals surface area (Å²) in [5, 5.41) is 11.8. The predicted molar refractivity (Wildman–Crippen MR) is 85.8 cm³/mol. The van der Waals surface area contributed by atoms with E-state index in [4.69, 9.17) is 11.1 Å². The Kier molecular flexibility index (Phi) is 4.58. The average molecular weight is 345 g/mol. The van der Waals surface area contributed by atoms with E-state index in [-0.39, 0.29) is 5.91 Å². The normalized spacial score (nSPS) is 9.81. The lowest BCUT2D eigenvalue weighted by molar-refractivity contribution is 0.102. The number of hydrogen-bond donors (Lipinski definition) is 3. The number of hydrazine groups is 1. The highest BCUT2D eigenvalue weighted by molar-refractivity contribution is 9.10. The standard InChI is InChI=1S/C15H13BrN4O/c1-9-2-4-12(14(6-9)20-18)15(21)19-13-5-3-11(16)7-10(13)8-17/h2-7,20H,18H2,1H3,(H,19,21). The van der Waals surface area contributed by atoms with Crippen molar-refractivity contribution >= 4 is 33.2 Å². The zero-order chi connectivity index (χ0) is 15.4. The number of nitrogens with two attached hydrogens (primary N) is 1. The van der Waals surface area contributed by atoms with Gasteiger partial charge in [0.25, 0.3) is 5.91 Å². The summed E-state index contributed by atoms with van der Waals surface area (Å²) in [5.74, 6) is 5.11. The second-order valence-corrected chi connectivity index (χ2v) is 5.36. The molecule has 0 spiro atoms. The van der Waals surface area contributed by atoms with Crippen LogP contribution in [-0.2, 0) is 0 Å². The summed E-state index contributed by atoms with van der Waals surface area (Å²) in [6, 6.07) is 12.4. The van der Waals surface area contributed by atoms with Crippen molar-refractivity contribution in [3.63, 3.8) is 0 Å². The number of hydrogen-bond acceptors (Lipinski definition) is 4. The Bertz CT molecular complexity index is 737. The van der Waals surface area contributed by atoms with Gasteiger partial charge in [0.1, 0.15) is 6.07 Å². The molecule has 106 valence electrons. The maximum absolute atomic E-state index is 12.3. The number of nitrogens with one attached hydrogen (secondary N) is 2. The van der Waals surface area contributed by atoms with Crippen LogP contribution in [0.5, 0.6) is 0 Å². The first-order valence-corrected chi connectivity index (χ1v) is 6.92. The minimum atomic E-state index is -0.332. The molecule has 0 aromatic heterocycles. The smallest absolute Gasteiger partial charge is 0.257 e. The highest BCUT2D eigenvalue weighted by atomic mass is 79.9. The number of nitriles is 1. The summed E-state index contributed by atoms with van der Waals surface area (Å²) in [7, 11) is 0. The van der Waals surface area contributed by atoms with E-state index in [1.165, 1.54) is 0 Å². The molecule has 1 amide bonds. The maximum Gasteiger partial charge on any atom is 0.257 e. The number of anilines is 2. The molecule has 0 bridgehead atoms. The van der Waals surface area contributed by atoms with Crippen LogP contribution in [0.1, 0.15) is 21.5 Å². The van der Waals surface area contributed by atoms with Gasteiger partial charge in [0.05, 0.1) is 22.5 Å². The van der Waals surface area contributed by atoms with Crippen molar-refractivity contribution in [3.8, 4) is 6.07 Å². The van der Waals surface area contributed by atoms with E-state index in [0.717, 1.165) is 10.0 Å². The summed E-state index contributed by atoms with van der Waals surface area (Å²) in [4.78, 5) is 12.3. The molecule has 0 saturated carbocycles. The lowest BCUT2D eigenvalue weighted by atomic mass is 10.1. The van der Waals surface area contributed by atoms with Crippen LogP contribution in [0.2, 0.25) is 0 Å². The zero-order valence-corrected chi connectivity index (χ0v) is 12.9. The predicted octanol–water partition coefficient (Wildman–Crippen LogP) is 3.17. The molecule has 0 aliphatic rings. The molecule has 2 aromatic rings. The van der Waals surface area contributed by atoms with Crippen LogP contribution in [0.3, 0.4) is 0 Å². The van der Waals surface area contributed by atoms with Gasteiger partial charge in [-0.3, -0.25) is 10.6 Å². The molecule has 5 nitrogen and oxygen atoms in total. The summed E-state index contributed by atoms with van der Waals surface area (Å²) < 4.78 is 0.775. The second-order valence-electron chi connectivity index (χ2n) is 4.45. The number of benzene rings is 2. The molecule has 6 heteroatoms. The van der Waals surface area contributed by atoms with Gasteiger partial charge in [0, 0.05) is 4.47 Å². The maximum atomic E-state index is 12.3. The first kappa shape index (κ1) is 15.0. The SMILES string of the molecule is Cc1ccc(C(=O)Nc2ccc(Br)cc2C#N)c(NN)c1. The van der Waals surface area contributed by atoms with Crippen molar-refractivity contribution in [2.45, 2.75) is 6.92 Å². The summed E-state index contributed by atoms with van der Waals surface area (Å²) in [6.07, 6.45) is 0. The van der Waals surface area contributed by atoms with Crippen LogP contribution in [0, 0.1) is 18.3 Å². The van der Waals surface area contributed by atoms with Gasteiger partial charge >= 0.3 is 0 Å². The van der Waals surface area contributed by atoms with Crippen LogP contribution >= 0.6 is 15.9 Å². The van der Waals surface area contributed by atoms with Crippen LogP contribution in [0.4, 0.5) is 11.4 Å². The monoisotopic (exact) mass is 344 g/mol. The van der Waals surface area contributed by atoms with E-state index >= 15 is 0 Å². The molecule has 0 aliphatic carbocycles. The number of amides is 1. The van der Waals surface area contributed by atoms with E-state index in [1.54, 1.807) is 30.3 Å². The minimum Gasteiger partial charge on any atom is -0.323 e. The van der Waals surface area contributed by atoms with E-state index in [2.05, 4.69) is 26.7 Å². The highest BCUT2D eigenvalue weighted by Crippen LogP contribution is 2.23. The van der Waals surface area contributed by atoms with Crippen LogP contribution in [0.15, 0.2) is 40.9 Å². The molecule has 21 heavy (non-hydrogen) atoms. The van der Waals surface area contributed by atoms with Gasteiger partial charge in [-0.05, 0) is 42.8 Å². The number of halogens is 1. The minimum absolute atomic E-state index is 0.332. The van der Waals surface area contributed by atoms with Gasteiger partial charge in [-0.1, -0.05) is 22.0 Å². The van der Waals surface area contributed by atoms with E-state index < -0.39 is 0 Å². The summed E-state index contributed by atoms with van der Waals surface area (Å²) in [5.41, 5.74) is 5.27. The second kappa shape index (κ2) is 6.39. The zero-order valence-electron chi connectivity index (χ0n) is 11.3. The molecule has 0 unspecified atom stereocenters. The quantitative estimate of drug-likeness (QED) is 0.589. The molecule has 0 saturated heterocycles. The van der Waals surface area contributed by atoms with E-state index in [9.17, 15) is 4.79 Å². The Morgan fingerprint density at radius 3 is 2.67 bits per heavy atom. The van der Waals surface area contributed by atoms with Crippen molar-refractivity contribution in [1.29, 1.82) is 5.26 Å². The van der Waals surface area contributed by atoms with Gasteiger partial charge in [0.2, 0.25) is 0 Å². The lowest BCUT2D eigenvalue weighted by Gasteiger charge is -2.11. The Hall–Kier alpha value is -2.36. The summed E-state index contributed by atoms with van der Waals surface area (Å²) >= 11 is 3.29. The highest BCUT2D eigenvalue weighted by Gasteiger charge is 2.13. The fourth-order valence-corrected chi connectivity index (χ4v) is 2.24. The number of nitrogen functional groups attached to an aromatic ring is 1. The van der Waals surface area contributed by atoms with Crippen molar-refractivity contribution in [2.75, 3.05) is 10.7 Å². The molecule has 0 fully saturated rings. The molecule has 0 aliphatic heterocycles. The van der Waals surface area contributed by atoms with Crippen LogP contribution in [0.25, 0.3) is 0 Å². The molecule has 0 radical (unpaired) electrons. The number of carbonyl (C=O) groups is 1. The third-order valence-electron chi connectivity index (χ3n) is 2.93. The molecule has 4 N–H and O–H groups in total. The van der Waals surface area contributed by atoms with E-state index in [1.807, 2.05) is 19.1 Å². The van der Waals surface area contributed by atoms with Crippen molar-refractivity contribution < 1.29 is 4.79 Å². The molecule has 2 rings (SSSR count). The first-order chi connectivity index (χ1) is 10.0. The molecule has 0 heterocycles. The first-order valence-electron chi connectivity index (χ1n) is 6.13. The fourth-order valence-electron chi connectivity index (χ4n) is 1.88. The summed E-state index contributed by atoms with van der Waals surface area (Å²) in [6.45, 7) is 1.91. The van der Waals surface area contributed by atoms with Crippen LogP contribution in [-0.4, -0.2) is 5.91 Å². The lowest BCUT2D eigenvalue weighted by Crippen LogP contribution is -2.17. The number of nitrogens with zero attached hydrogens (tertiary/aromatic N) is 1. The van der Waals surface area contributed by atoms with Crippen molar-refractivity contribution in [1.82, 2.24) is 0 Å². The molecule has 0 atom stereocenters. The molecular weight excluding hydrogens is 332 g/mol. The number of carbonyl (C=O) groups excluding carboxylic acids is 1. The number of rotatable bonds is 3. The Labute approximate surface area is 130 Å². The third kappa shape index (κ3) is 3.40. The van der Waals surface area contributed by atoms with Gasteiger partial charge in [-0.15, -0.1) is 0 Å². The molecular formula is C15H13BrN4O. The van der Waals surface area contributed by atoms with Gasteiger partial charge in [0.15, 0.2) is 0 Å². The van der Waals surface area contributed by atoms with Crippen molar-refractivity contribution in [2.24, 2.45) is 5.84 Å². The van der Waals surface area contributed by atoms with Crippen molar-refractivity contribution in [3.05, 3.63) is 57.6 Å². The Morgan fingerprint density at radius 2 is 2.00 bits per heavy atom. The third-order valence-corrected chi connectivity index (χ3v) is 3.42. The average Bonchev–Trinajstić information content (AvgIpc) is 2.48. The topological polar surface area (TPSA) is 90.9 Å². The van der Waals surface area contributed by atoms with Gasteiger partial charge < -0.3 is 10.7 Å². The Balaban J connectivity index is 2.33. The van der Waals surface area contributed by atoms with Gasteiger partial charge in [-0.25, -0.2) is 0 Å². The largest absolute Gasteiger partial charge is 0.323 e. The number of aryl methyl sites for hydroxylation is 1. The van der Waals surface area contributed by atoms with Crippen LogP contribution < -0.4 is 16.6 Å². The Morgan fingerprint density at radius 1 is 1.24 bits per heavy atom. The van der Waals surface area contributed by atoms with Gasteiger partial charge in [-0.2, -0.15) is 5.26 Å².